The number of rotatable bonds is 5. The molecule has 2 aromatic rings. The first kappa shape index (κ1) is 17.9. The molecular weight excluding hydrogens is 338 g/mol. The number of anilines is 2. The smallest absolute Gasteiger partial charge is 0.248 e. The first-order valence-electron chi connectivity index (χ1n) is 7.00. The minimum Gasteiger partial charge on any atom is -0.322 e. The number of para-hydroxylation sites is 1. The summed E-state index contributed by atoms with van der Waals surface area (Å²) in [4.78, 5) is 12.3. The van der Waals surface area contributed by atoms with Crippen LogP contribution in [-0.4, -0.2) is 26.6 Å². The van der Waals surface area contributed by atoms with E-state index in [1.165, 1.54) is 43.3 Å². The molecule has 128 valence electrons. The predicted molar refractivity (Wildman–Crippen MR) is 88.2 cm³/mol. The summed E-state index contributed by atoms with van der Waals surface area (Å²) in [6.45, 7) is 1.36. The van der Waals surface area contributed by atoms with E-state index >= 15 is 0 Å². The summed E-state index contributed by atoms with van der Waals surface area (Å²) >= 11 is 0. The van der Waals surface area contributed by atoms with Crippen LogP contribution in [0.1, 0.15) is 6.92 Å². The molecule has 0 radical (unpaired) electrons. The van der Waals surface area contributed by atoms with Gasteiger partial charge in [0.15, 0.2) is 0 Å². The Balaban J connectivity index is 2.31. The normalized spacial score (nSPS) is 12.5. The second-order valence-corrected chi connectivity index (χ2v) is 7.04. The van der Waals surface area contributed by atoms with Crippen LogP contribution < -0.4 is 9.62 Å². The van der Waals surface area contributed by atoms with E-state index in [4.69, 9.17) is 0 Å². The van der Waals surface area contributed by atoms with Gasteiger partial charge in [0, 0.05) is 0 Å². The van der Waals surface area contributed by atoms with Crippen molar-refractivity contribution < 1.29 is 22.0 Å². The molecule has 0 unspecified atom stereocenters. The third kappa shape index (κ3) is 4.08. The van der Waals surface area contributed by atoms with Gasteiger partial charge in [0.05, 0.1) is 17.6 Å². The van der Waals surface area contributed by atoms with Crippen molar-refractivity contribution in [2.75, 3.05) is 15.9 Å². The quantitative estimate of drug-likeness (QED) is 0.898. The van der Waals surface area contributed by atoms with Gasteiger partial charge in [-0.2, -0.15) is 0 Å². The van der Waals surface area contributed by atoms with Crippen molar-refractivity contribution in [1.82, 2.24) is 0 Å². The molecule has 0 saturated heterocycles. The van der Waals surface area contributed by atoms with Gasteiger partial charge in [-0.05, 0) is 43.3 Å². The third-order valence-corrected chi connectivity index (χ3v) is 4.54. The number of hydrogen-bond donors (Lipinski definition) is 1. The molecule has 0 spiro atoms. The highest BCUT2D eigenvalue weighted by Gasteiger charge is 2.29. The number of amides is 1. The van der Waals surface area contributed by atoms with Crippen LogP contribution in [0.25, 0.3) is 0 Å². The fraction of sp³-hybridized carbons (Fsp3) is 0.188. The van der Waals surface area contributed by atoms with E-state index in [1.807, 2.05) is 0 Å². The molecule has 0 aliphatic carbocycles. The number of carbonyl (C=O) groups excluding carboxylic acids is 1. The molecule has 8 heteroatoms. The number of carbonyl (C=O) groups is 1. The Kier molecular flexibility index (Phi) is 5.18. The molecule has 0 fully saturated rings. The van der Waals surface area contributed by atoms with Crippen molar-refractivity contribution in [1.29, 1.82) is 0 Å². The van der Waals surface area contributed by atoms with E-state index in [0.29, 0.717) is 0 Å². The van der Waals surface area contributed by atoms with Gasteiger partial charge in [0.25, 0.3) is 0 Å². The molecule has 2 rings (SSSR count). The Bertz CT molecular complexity index is 839. The Morgan fingerprint density at radius 3 is 2.21 bits per heavy atom. The standard InChI is InChI=1S/C16H16F2N2O3S/c1-11(16(21)19-15-6-4-3-5-14(15)18)20(24(2,22)23)13-9-7-12(17)8-10-13/h3-11H,1-2H3,(H,19,21)/t11-/m1/s1. The second-order valence-electron chi connectivity index (χ2n) is 5.18. The molecule has 0 heterocycles. The molecule has 1 atom stereocenters. The highest BCUT2D eigenvalue weighted by atomic mass is 32.2. The molecular formula is C16H16F2N2O3S. The molecule has 0 aromatic heterocycles. The van der Waals surface area contributed by atoms with Gasteiger partial charge >= 0.3 is 0 Å². The molecule has 0 bridgehead atoms. The SMILES string of the molecule is C[C@H](C(=O)Nc1ccccc1F)N(c1ccc(F)cc1)S(C)(=O)=O. The van der Waals surface area contributed by atoms with Crippen molar-refractivity contribution >= 4 is 27.3 Å². The summed E-state index contributed by atoms with van der Waals surface area (Å²) < 4.78 is 51.6. The highest BCUT2D eigenvalue weighted by Crippen LogP contribution is 2.22. The number of nitrogens with one attached hydrogen (secondary N) is 1. The lowest BCUT2D eigenvalue weighted by Gasteiger charge is -2.28. The van der Waals surface area contributed by atoms with Crippen LogP contribution in [0.2, 0.25) is 0 Å². The first-order valence-corrected chi connectivity index (χ1v) is 8.85. The maximum Gasteiger partial charge on any atom is 0.248 e. The molecule has 0 saturated carbocycles. The number of halogens is 2. The van der Waals surface area contributed by atoms with Crippen molar-refractivity contribution in [2.45, 2.75) is 13.0 Å². The average Bonchev–Trinajstić information content (AvgIpc) is 2.50. The van der Waals surface area contributed by atoms with Gasteiger partial charge < -0.3 is 5.32 Å². The van der Waals surface area contributed by atoms with E-state index in [1.54, 1.807) is 0 Å². The highest BCUT2D eigenvalue weighted by molar-refractivity contribution is 7.92. The van der Waals surface area contributed by atoms with Crippen LogP contribution in [0.5, 0.6) is 0 Å². The molecule has 24 heavy (non-hydrogen) atoms. The summed E-state index contributed by atoms with van der Waals surface area (Å²) in [7, 11) is -3.82. The zero-order valence-corrected chi connectivity index (χ0v) is 13.8. The van der Waals surface area contributed by atoms with E-state index in [0.717, 1.165) is 22.7 Å². The summed E-state index contributed by atoms with van der Waals surface area (Å²) in [5.74, 6) is -1.88. The van der Waals surface area contributed by atoms with Crippen LogP contribution in [0.15, 0.2) is 48.5 Å². The van der Waals surface area contributed by atoms with Crippen molar-refractivity contribution in [2.24, 2.45) is 0 Å². The Morgan fingerprint density at radius 2 is 1.67 bits per heavy atom. The van der Waals surface area contributed by atoms with Crippen LogP contribution in [0, 0.1) is 11.6 Å². The number of sulfonamides is 1. The third-order valence-electron chi connectivity index (χ3n) is 3.30. The Morgan fingerprint density at radius 1 is 1.08 bits per heavy atom. The van der Waals surface area contributed by atoms with Gasteiger partial charge in [-0.3, -0.25) is 9.10 Å². The van der Waals surface area contributed by atoms with E-state index in [2.05, 4.69) is 5.32 Å². The lowest BCUT2D eigenvalue weighted by atomic mass is 10.2. The summed E-state index contributed by atoms with van der Waals surface area (Å²) in [5.41, 5.74) is 0.0805. The topological polar surface area (TPSA) is 66.5 Å². The van der Waals surface area contributed by atoms with Crippen LogP contribution in [-0.2, 0) is 14.8 Å². The maximum atomic E-state index is 13.6. The van der Waals surface area contributed by atoms with Crippen molar-refractivity contribution in [3.8, 4) is 0 Å². The predicted octanol–water partition coefficient (Wildman–Crippen LogP) is 2.76. The van der Waals surface area contributed by atoms with Gasteiger partial charge in [-0.15, -0.1) is 0 Å². The molecule has 0 aliphatic rings. The zero-order valence-electron chi connectivity index (χ0n) is 13.0. The van der Waals surface area contributed by atoms with Gasteiger partial charge in [0.1, 0.15) is 17.7 Å². The largest absolute Gasteiger partial charge is 0.322 e. The monoisotopic (exact) mass is 354 g/mol. The zero-order chi connectivity index (χ0) is 17.9. The fourth-order valence-corrected chi connectivity index (χ4v) is 3.37. The minimum atomic E-state index is -3.82. The molecule has 0 aliphatic heterocycles. The molecule has 1 amide bonds. The lowest BCUT2D eigenvalue weighted by molar-refractivity contribution is -0.116. The molecule has 5 nitrogen and oxygen atoms in total. The Labute approximate surface area is 139 Å². The minimum absolute atomic E-state index is 0.0538. The number of hydrogen-bond acceptors (Lipinski definition) is 3. The summed E-state index contributed by atoms with van der Waals surface area (Å²) in [5, 5.41) is 2.35. The molecule has 1 N–H and O–H groups in total. The number of benzene rings is 2. The Hall–Kier alpha value is -2.48. The van der Waals surface area contributed by atoms with E-state index in [-0.39, 0.29) is 11.4 Å². The second kappa shape index (κ2) is 6.96. The lowest BCUT2D eigenvalue weighted by Crippen LogP contribution is -2.45. The maximum absolute atomic E-state index is 13.6. The number of nitrogens with zero attached hydrogens (tertiary/aromatic N) is 1. The van der Waals surface area contributed by atoms with Gasteiger partial charge in [-0.25, -0.2) is 17.2 Å². The van der Waals surface area contributed by atoms with Crippen LogP contribution in [0.4, 0.5) is 20.2 Å². The first-order chi connectivity index (χ1) is 11.2. The van der Waals surface area contributed by atoms with Crippen molar-refractivity contribution in [3.63, 3.8) is 0 Å². The van der Waals surface area contributed by atoms with Crippen LogP contribution >= 0.6 is 0 Å². The fourth-order valence-electron chi connectivity index (χ4n) is 2.20. The van der Waals surface area contributed by atoms with Crippen LogP contribution in [0.3, 0.4) is 0 Å². The average molecular weight is 354 g/mol. The summed E-state index contributed by atoms with van der Waals surface area (Å²) in [6, 6.07) is 9.08. The van der Waals surface area contributed by atoms with Gasteiger partial charge in [0.2, 0.25) is 15.9 Å². The summed E-state index contributed by atoms with van der Waals surface area (Å²) in [6.07, 6.45) is 0.934. The van der Waals surface area contributed by atoms with Gasteiger partial charge in [-0.1, -0.05) is 12.1 Å². The van der Waals surface area contributed by atoms with Crippen molar-refractivity contribution in [3.05, 3.63) is 60.2 Å². The van der Waals surface area contributed by atoms with E-state index in [9.17, 15) is 22.0 Å². The van der Waals surface area contributed by atoms with E-state index < -0.39 is 33.6 Å². The molecule has 2 aromatic carbocycles.